The molecular weight excluding hydrogens is 326 g/mol. The molecule has 2 aromatic carbocycles. The Bertz CT molecular complexity index is 598. The van der Waals surface area contributed by atoms with Crippen molar-refractivity contribution < 1.29 is 4.74 Å². The van der Waals surface area contributed by atoms with Crippen LogP contribution < -0.4 is 10.1 Å². The van der Waals surface area contributed by atoms with Crippen molar-refractivity contribution in [3.05, 3.63) is 58.1 Å². The molecule has 3 heteroatoms. The maximum atomic E-state index is 6.09. The van der Waals surface area contributed by atoms with E-state index >= 15 is 0 Å². The van der Waals surface area contributed by atoms with Crippen LogP contribution in [0.25, 0.3) is 0 Å². The van der Waals surface area contributed by atoms with Gasteiger partial charge in [0, 0.05) is 16.1 Å². The Balaban J connectivity index is 2.21. The third-order valence-corrected chi connectivity index (χ3v) is 4.33. The molecule has 2 nitrogen and oxygen atoms in total. The minimum absolute atomic E-state index is 0.276. The number of halogens is 1. The number of ether oxygens (including phenoxy) is 1. The minimum Gasteiger partial charge on any atom is -0.457 e. The molecule has 112 valence electrons. The summed E-state index contributed by atoms with van der Waals surface area (Å²) >= 11 is 3.52. The molecule has 2 aromatic rings. The number of nitrogens with one attached hydrogen (secondary N) is 1. The summed E-state index contributed by atoms with van der Waals surface area (Å²) in [6.07, 6.45) is 1.12. The first kappa shape index (κ1) is 16.1. The fraction of sp³-hybridized carbons (Fsp3) is 0.333. The van der Waals surface area contributed by atoms with Gasteiger partial charge in [0.15, 0.2) is 0 Å². The summed E-state index contributed by atoms with van der Waals surface area (Å²) in [4.78, 5) is 0. The highest BCUT2D eigenvalue weighted by Gasteiger charge is 2.11. The van der Waals surface area contributed by atoms with Crippen molar-refractivity contribution in [1.82, 2.24) is 5.32 Å². The van der Waals surface area contributed by atoms with Crippen molar-refractivity contribution in [3.8, 4) is 11.5 Å². The van der Waals surface area contributed by atoms with Crippen LogP contribution in [0.15, 0.2) is 46.9 Å². The molecule has 0 radical (unpaired) electrons. The van der Waals surface area contributed by atoms with Gasteiger partial charge in [0.2, 0.25) is 0 Å². The first-order valence-electron chi connectivity index (χ1n) is 7.38. The molecule has 0 fully saturated rings. The van der Waals surface area contributed by atoms with E-state index in [0.717, 1.165) is 28.9 Å². The van der Waals surface area contributed by atoms with Gasteiger partial charge in [-0.15, -0.1) is 0 Å². The van der Waals surface area contributed by atoms with Gasteiger partial charge in [-0.25, -0.2) is 0 Å². The Kier molecular flexibility index (Phi) is 5.83. The Morgan fingerprint density at radius 2 is 1.95 bits per heavy atom. The van der Waals surface area contributed by atoms with E-state index < -0.39 is 0 Å². The van der Waals surface area contributed by atoms with Crippen LogP contribution >= 0.6 is 15.9 Å². The van der Waals surface area contributed by atoms with Crippen LogP contribution in [0.2, 0.25) is 0 Å². The molecular formula is C18H22BrNO. The van der Waals surface area contributed by atoms with Crippen molar-refractivity contribution in [2.75, 3.05) is 6.54 Å². The van der Waals surface area contributed by atoms with Gasteiger partial charge in [-0.1, -0.05) is 41.1 Å². The molecule has 0 aliphatic carbocycles. The van der Waals surface area contributed by atoms with Gasteiger partial charge in [0.1, 0.15) is 11.5 Å². The third-order valence-electron chi connectivity index (χ3n) is 3.44. The molecule has 1 unspecified atom stereocenters. The second kappa shape index (κ2) is 7.62. The number of hydrogen-bond donors (Lipinski definition) is 1. The molecule has 0 aliphatic rings. The average molecular weight is 348 g/mol. The largest absolute Gasteiger partial charge is 0.457 e. The zero-order valence-corrected chi connectivity index (χ0v) is 14.4. The number of hydrogen-bond acceptors (Lipinski definition) is 2. The van der Waals surface area contributed by atoms with Gasteiger partial charge in [-0.05, 0) is 56.6 Å². The lowest BCUT2D eigenvalue weighted by Crippen LogP contribution is -2.19. The average Bonchev–Trinajstić information content (AvgIpc) is 2.49. The lowest BCUT2D eigenvalue weighted by molar-refractivity contribution is 0.460. The maximum Gasteiger partial charge on any atom is 0.132 e. The second-order valence-electron chi connectivity index (χ2n) is 5.23. The first-order chi connectivity index (χ1) is 10.1. The van der Waals surface area contributed by atoms with Crippen molar-refractivity contribution in [2.24, 2.45) is 0 Å². The zero-order chi connectivity index (χ0) is 15.2. The van der Waals surface area contributed by atoms with Crippen LogP contribution in [-0.4, -0.2) is 6.54 Å². The van der Waals surface area contributed by atoms with E-state index in [0.29, 0.717) is 0 Å². The number of aryl methyl sites for hydroxylation is 1. The van der Waals surface area contributed by atoms with Crippen LogP contribution in [0.4, 0.5) is 0 Å². The predicted octanol–water partition coefficient (Wildman–Crippen LogP) is 5.61. The van der Waals surface area contributed by atoms with Crippen molar-refractivity contribution in [2.45, 2.75) is 33.2 Å². The van der Waals surface area contributed by atoms with E-state index in [1.54, 1.807) is 0 Å². The number of para-hydroxylation sites is 1. The summed E-state index contributed by atoms with van der Waals surface area (Å²) in [5, 5.41) is 3.51. The van der Waals surface area contributed by atoms with Crippen LogP contribution in [-0.2, 0) is 0 Å². The normalized spacial score (nSPS) is 12.2. The monoisotopic (exact) mass is 347 g/mol. The second-order valence-corrected chi connectivity index (χ2v) is 6.08. The fourth-order valence-corrected chi connectivity index (χ4v) is 2.46. The lowest BCUT2D eigenvalue weighted by Gasteiger charge is -2.18. The number of rotatable bonds is 6. The summed E-state index contributed by atoms with van der Waals surface area (Å²) in [7, 11) is 0. The van der Waals surface area contributed by atoms with Crippen LogP contribution in [0.3, 0.4) is 0 Å². The predicted molar refractivity (Wildman–Crippen MR) is 92.1 cm³/mol. The molecule has 0 saturated carbocycles. The van der Waals surface area contributed by atoms with Gasteiger partial charge in [-0.2, -0.15) is 0 Å². The van der Waals surface area contributed by atoms with E-state index in [2.05, 4.69) is 54.2 Å². The molecule has 0 saturated heterocycles. The van der Waals surface area contributed by atoms with Crippen LogP contribution in [0, 0.1) is 6.92 Å². The van der Waals surface area contributed by atoms with Gasteiger partial charge < -0.3 is 10.1 Å². The molecule has 0 heterocycles. The topological polar surface area (TPSA) is 21.3 Å². The summed E-state index contributed by atoms with van der Waals surface area (Å²) < 4.78 is 7.18. The highest BCUT2D eigenvalue weighted by Crippen LogP contribution is 2.31. The molecule has 0 bridgehead atoms. The Hall–Kier alpha value is -1.32. The van der Waals surface area contributed by atoms with E-state index in [4.69, 9.17) is 4.74 Å². The fourth-order valence-electron chi connectivity index (χ4n) is 2.21. The minimum atomic E-state index is 0.276. The first-order valence-corrected chi connectivity index (χ1v) is 8.17. The van der Waals surface area contributed by atoms with Gasteiger partial charge in [0.05, 0.1) is 0 Å². The Labute approximate surface area is 135 Å². The van der Waals surface area contributed by atoms with Crippen molar-refractivity contribution >= 4 is 15.9 Å². The SMILES string of the molecule is CCCNC(C)c1ccccc1Oc1ccc(Br)c(C)c1. The van der Waals surface area contributed by atoms with E-state index in [9.17, 15) is 0 Å². The molecule has 1 N–H and O–H groups in total. The molecule has 0 aromatic heterocycles. The lowest BCUT2D eigenvalue weighted by atomic mass is 10.1. The van der Waals surface area contributed by atoms with Crippen LogP contribution in [0.1, 0.15) is 37.4 Å². The highest BCUT2D eigenvalue weighted by molar-refractivity contribution is 9.10. The van der Waals surface area contributed by atoms with Gasteiger partial charge in [-0.3, -0.25) is 0 Å². The molecule has 1 atom stereocenters. The van der Waals surface area contributed by atoms with Crippen molar-refractivity contribution in [1.29, 1.82) is 0 Å². The van der Waals surface area contributed by atoms with E-state index in [-0.39, 0.29) is 6.04 Å². The quantitative estimate of drug-likeness (QED) is 0.733. The maximum absolute atomic E-state index is 6.09. The van der Waals surface area contributed by atoms with E-state index in [1.807, 2.05) is 30.3 Å². The Morgan fingerprint density at radius 3 is 2.67 bits per heavy atom. The van der Waals surface area contributed by atoms with Gasteiger partial charge in [0.25, 0.3) is 0 Å². The van der Waals surface area contributed by atoms with E-state index in [1.165, 1.54) is 11.1 Å². The smallest absolute Gasteiger partial charge is 0.132 e. The molecule has 0 spiro atoms. The molecule has 0 amide bonds. The summed E-state index contributed by atoms with van der Waals surface area (Å²) in [5.74, 6) is 1.78. The zero-order valence-electron chi connectivity index (χ0n) is 12.8. The summed E-state index contributed by atoms with van der Waals surface area (Å²) in [6, 6.07) is 14.5. The molecule has 2 rings (SSSR count). The molecule has 21 heavy (non-hydrogen) atoms. The standard InChI is InChI=1S/C18H22BrNO/c1-4-11-20-14(3)16-7-5-6-8-18(16)21-15-9-10-17(19)13(2)12-15/h5-10,12,14,20H,4,11H2,1-3H3. The van der Waals surface area contributed by atoms with Crippen LogP contribution in [0.5, 0.6) is 11.5 Å². The number of benzene rings is 2. The Morgan fingerprint density at radius 1 is 1.19 bits per heavy atom. The third kappa shape index (κ3) is 4.32. The summed E-state index contributed by atoms with van der Waals surface area (Å²) in [5.41, 5.74) is 2.36. The highest BCUT2D eigenvalue weighted by atomic mass is 79.9. The van der Waals surface area contributed by atoms with Gasteiger partial charge >= 0.3 is 0 Å². The molecule has 0 aliphatic heterocycles. The van der Waals surface area contributed by atoms with Crippen molar-refractivity contribution in [3.63, 3.8) is 0 Å². The summed E-state index contributed by atoms with van der Waals surface area (Å²) in [6.45, 7) is 7.42.